The summed E-state index contributed by atoms with van der Waals surface area (Å²) < 4.78 is 0. The van der Waals surface area contributed by atoms with E-state index in [1.165, 1.54) is 11.1 Å². The molecule has 1 saturated heterocycles. The van der Waals surface area contributed by atoms with Crippen LogP contribution in [0.1, 0.15) is 16.8 Å². The fourth-order valence-electron chi connectivity index (χ4n) is 1.86. The summed E-state index contributed by atoms with van der Waals surface area (Å²) in [6.45, 7) is 0.681. The summed E-state index contributed by atoms with van der Waals surface area (Å²) in [6, 6.07) is 3.22. The highest BCUT2D eigenvalue weighted by molar-refractivity contribution is 6.32. The zero-order valence-corrected chi connectivity index (χ0v) is 9.72. The lowest BCUT2D eigenvalue weighted by atomic mass is 10.1. The number of nitrogens with zero attached hydrogens (tertiary/aromatic N) is 2. The Morgan fingerprint density at radius 1 is 1.53 bits per heavy atom. The number of hydrogen-bond donors (Lipinski definition) is 1. The van der Waals surface area contributed by atoms with E-state index in [9.17, 15) is 9.59 Å². The van der Waals surface area contributed by atoms with Gasteiger partial charge < -0.3 is 10.0 Å². The van der Waals surface area contributed by atoms with Crippen molar-refractivity contribution in [2.45, 2.75) is 6.42 Å². The third-order valence-electron chi connectivity index (χ3n) is 2.81. The van der Waals surface area contributed by atoms with Crippen molar-refractivity contribution in [3.8, 4) is 0 Å². The molecule has 1 unspecified atom stereocenters. The molecule has 1 aromatic rings. The van der Waals surface area contributed by atoms with Crippen LogP contribution in [0.25, 0.3) is 0 Å². The van der Waals surface area contributed by atoms with Crippen LogP contribution in [0.3, 0.4) is 0 Å². The molecule has 0 aromatic carbocycles. The molecule has 1 aliphatic heterocycles. The predicted molar refractivity (Wildman–Crippen MR) is 60.9 cm³/mol. The van der Waals surface area contributed by atoms with Gasteiger partial charge in [-0.2, -0.15) is 0 Å². The van der Waals surface area contributed by atoms with Crippen molar-refractivity contribution < 1.29 is 14.7 Å². The van der Waals surface area contributed by atoms with Crippen LogP contribution >= 0.6 is 11.6 Å². The lowest BCUT2D eigenvalue weighted by molar-refractivity contribution is -0.141. The Balaban J connectivity index is 2.13. The van der Waals surface area contributed by atoms with E-state index < -0.39 is 11.9 Å². The van der Waals surface area contributed by atoms with Gasteiger partial charge in [-0.3, -0.25) is 9.59 Å². The van der Waals surface area contributed by atoms with Gasteiger partial charge in [-0.25, -0.2) is 4.98 Å². The highest BCUT2D eigenvalue weighted by atomic mass is 35.5. The van der Waals surface area contributed by atoms with E-state index in [0.29, 0.717) is 18.5 Å². The Morgan fingerprint density at radius 3 is 2.88 bits per heavy atom. The molecule has 1 aliphatic rings. The van der Waals surface area contributed by atoms with Gasteiger partial charge in [0.15, 0.2) is 0 Å². The second-order valence-electron chi connectivity index (χ2n) is 3.92. The van der Waals surface area contributed by atoms with E-state index >= 15 is 0 Å². The van der Waals surface area contributed by atoms with Crippen molar-refractivity contribution in [1.82, 2.24) is 9.88 Å². The van der Waals surface area contributed by atoms with Gasteiger partial charge >= 0.3 is 5.97 Å². The fraction of sp³-hybridized carbons (Fsp3) is 0.364. The van der Waals surface area contributed by atoms with Gasteiger partial charge in [-0.1, -0.05) is 11.6 Å². The largest absolute Gasteiger partial charge is 0.481 e. The smallest absolute Gasteiger partial charge is 0.308 e. The summed E-state index contributed by atoms with van der Waals surface area (Å²) in [5, 5.41) is 9.01. The second-order valence-corrected chi connectivity index (χ2v) is 4.27. The number of hydrogen-bond acceptors (Lipinski definition) is 3. The number of pyridine rings is 1. The quantitative estimate of drug-likeness (QED) is 0.807. The number of rotatable bonds is 2. The minimum atomic E-state index is -0.863. The molecule has 2 rings (SSSR count). The minimum absolute atomic E-state index is 0.149. The first-order valence-electron chi connectivity index (χ1n) is 5.22. The van der Waals surface area contributed by atoms with E-state index in [0.717, 1.165) is 0 Å². The SMILES string of the molecule is O=C(O)C1CCN(C(=O)c2cccnc2Cl)C1. The van der Waals surface area contributed by atoms with Gasteiger partial charge in [0.2, 0.25) is 0 Å². The van der Waals surface area contributed by atoms with Crippen LogP contribution in [0.4, 0.5) is 0 Å². The molecule has 0 radical (unpaired) electrons. The molecule has 1 atom stereocenters. The molecule has 6 heteroatoms. The summed E-state index contributed by atoms with van der Waals surface area (Å²) in [4.78, 5) is 28.2. The number of amides is 1. The molecule has 0 spiro atoms. The van der Waals surface area contributed by atoms with Crippen LogP contribution in [0.2, 0.25) is 5.15 Å². The highest BCUT2D eigenvalue weighted by Gasteiger charge is 2.31. The second kappa shape index (κ2) is 4.71. The topological polar surface area (TPSA) is 70.5 Å². The minimum Gasteiger partial charge on any atom is -0.481 e. The van der Waals surface area contributed by atoms with Crippen molar-refractivity contribution in [3.05, 3.63) is 29.0 Å². The molecule has 1 N–H and O–H groups in total. The Bertz CT molecular complexity index is 464. The van der Waals surface area contributed by atoms with Crippen LogP contribution in [-0.4, -0.2) is 40.0 Å². The number of carboxylic acids is 1. The molecule has 1 fully saturated rings. The first-order chi connectivity index (χ1) is 8.09. The number of halogens is 1. The van der Waals surface area contributed by atoms with Crippen molar-refractivity contribution in [2.75, 3.05) is 13.1 Å². The number of aliphatic carboxylic acids is 1. The molecule has 1 aromatic heterocycles. The molecular formula is C11H11ClN2O3. The Labute approximate surface area is 103 Å². The molecule has 90 valence electrons. The summed E-state index contributed by atoms with van der Waals surface area (Å²) in [5.41, 5.74) is 0.320. The lowest BCUT2D eigenvalue weighted by Gasteiger charge is -2.16. The molecular weight excluding hydrogens is 244 g/mol. The number of carboxylic acid groups (broad SMARTS) is 1. The van der Waals surface area contributed by atoms with Gasteiger partial charge in [-0.15, -0.1) is 0 Å². The normalized spacial score (nSPS) is 19.4. The molecule has 1 amide bonds. The van der Waals surface area contributed by atoms with E-state index in [2.05, 4.69) is 4.98 Å². The molecule has 5 nitrogen and oxygen atoms in total. The average molecular weight is 255 g/mol. The Kier molecular flexibility index (Phi) is 3.28. The molecule has 0 saturated carbocycles. The van der Waals surface area contributed by atoms with Gasteiger partial charge in [-0.05, 0) is 18.6 Å². The van der Waals surface area contributed by atoms with E-state index in [4.69, 9.17) is 16.7 Å². The van der Waals surface area contributed by atoms with Crippen molar-refractivity contribution >= 4 is 23.5 Å². The standard InChI is InChI=1S/C11H11ClN2O3/c12-9-8(2-1-4-13-9)10(15)14-5-3-7(6-14)11(16)17/h1-2,4,7H,3,5-6H2,(H,16,17). The number of carbonyl (C=O) groups is 2. The maximum Gasteiger partial charge on any atom is 0.308 e. The van der Waals surface area contributed by atoms with Crippen LogP contribution in [0.5, 0.6) is 0 Å². The van der Waals surface area contributed by atoms with Crippen LogP contribution in [0.15, 0.2) is 18.3 Å². The zero-order valence-electron chi connectivity index (χ0n) is 8.97. The van der Waals surface area contributed by atoms with Gasteiger partial charge in [0.1, 0.15) is 5.15 Å². The van der Waals surface area contributed by atoms with E-state index in [-0.39, 0.29) is 17.6 Å². The van der Waals surface area contributed by atoms with Crippen molar-refractivity contribution in [2.24, 2.45) is 5.92 Å². The molecule has 0 aliphatic carbocycles. The summed E-state index contributed by atoms with van der Waals surface area (Å²) in [5.74, 6) is -1.60. The molecule has 0 bridgehead atoms. The van der Waals surface area contributed by atoms with Crippen LogP contribution in [-0.2, 0) is 4.79 Å². The Hall–Kier alpha value is -1.62. The fourth-order valence-corrected chi connectivity index (χ4v) is 2.06. The highest BCUT2D eigenvalue weighted by Crippen LogP contribution is 2.21. The van der Waals surface area contributed by atoms with E-state index in [1.54, 1.807) is 12.1 Å². The van der Waals surface area contributed by atoms with Crippen LogP contribution < -0.4 is 0 Å². The van der Waals surface area contributed by atoms with Gasteiger partial charge in [0.05, 0.1) is 11.5 Å². The number of carbonyl (C=O) groups excluding carboxylic acids is 1. The molecule has 2 heterocycles. The third kappa shape index (κ3) is 2.39. The number of aromatic nitrogens is 1. The lowest BCUT2D eigenvalue weighted by Crippen LogP contribution is -2.30. The summed E-state index contributed by atoms with van der Waals surface area (Å²) in [7, 11) is 0. The van der Waals surface area contributed by atoms with Crippen molar-refractivity contribution in [1.29, 1.82) is 0 Å². The first kappa shape index (κ1) is 11.9. The zero-order chi connectivity index (χ0) is 12.4. The summed E-state index contributed by atoms with van der Waals surface area (Å²) >= 11 is 5.82. The summed E-state index contributed by atoms with van der Waals surface area (Å²) in [6.07, 6.45) is 1.99. The predicted octanol–water partition coefficient (Wildman–Crippen LogP) is 1.28. The first-order valence-corrected chi connectivity index (χ1v) is 5.60. The number of likely N-dealkylation sites (tertiary alicyclic amines) is 1. The third-order valence-corrected chi connectivity index (χ3v) is 3.12. The Morgan fingerprint density at radius 2 is 2.29 bits per heavy atom. The maximum atomic E-state index is 12.0. The van der Waals surface area contributed by atoms with Crippen molar-refractivity contribution in [3.63, 3.8) is 0 Å². The van der Waals surface area contributed by atoms with Crippen LogP contribution in [0, 0.1) is 5.92 Å². The monoisotopic (exact) mass is 254 g/mol. The van der Waals surface area contributed by atoms with Gasteiger partial charge in [0.25, 0.3) is 5.91 Å². The maximum absolute atomic E-state index is 12.0. The molecule has 17 heavy (non-hydrogen) atoms. The van der Waals surface area contributed by atoms with Gasteiger partial charge in [0, 0.05) is 19.3 Å². The average Bonchev–Trinajstić information content (AvgIpc) is 2.78. The van der Waals surface area contributed by atoms with E-state index in [1.807, 2.05) is 0 Å².